The van der Waals surface area contributed by atoms with E-state index in [1.807, 2.05) is 25.1 Å². The number of carbonyl (C=O) groups excluding carboxylic acids is 1. The summed E-state index contributed by atoms with van der Waals surface area (Å²) in [4.78, 5) is 14.7. The number of amides is 1. The van der Waals surface area contributed by atoms with Crippen molar-refractivity contribution < 1.29 is 13.2 Å². The van der Waals surface area contributed by atoms with Crippen LogP contribution in [-0.2, 0) is 14.8 Å². The Hall–Kier alpha value is -1.90. The molecule has 8 heteroatoms. The molecule has 1 saturated heterocycles. The van der Waals surface area contributed by atoms with E-state index in [2.05, 4.69) is 29.4 Å². The molecule has 1 aliphatic heterocycles. The molecule has 2 heterocycles. The lowest BCUT2D eigenvalue weighted by Crippen LogP contribution is -2.42. The van der Waals surface area contributed by atoms with Gasteiger partial charge in [-0.25, -0.2) is 8.42 Å². The number of carbonyl (C=O) groups is 1. The largest absolute Gasteiger partial charge is 0.375 e. The van der Waals surface area contributed by atoms with Crippen molar-refractivity contribution in [2.24, 2.45) is 11.8 Å². The molecule has 164 valence electrons. The first kappa shape index (κ1) is 22.8. The van der Waals surface area contributed by atoms with E-state index in [-0.39, 0.29) is 17.7 Å². The Bertz CT molecular complexity index is 893. The fraction of sp³-hybridized carbons (Fsp3) is 0.500. The maximum Gasteiger partial charge on any atom is 0.252 e. The number of nitrogens with one attached hydrogen (secondary N) is 1. The summed E-state index contributed by atoms with van der Waals surface area (Å²) in [6.45, 7) is 4.43. The van der Waals surface area contributed by atoms with Crippen LogP contribution in [0.4, 0.5) is 5.69 Å². The summed E-state index contributed by atoms with van der Waals surface area (Å²) in [5, 5.41) is 4.84. The third kappa shape index (κ3) is 5.62. The number of benzene rings is 1. The molecule has 30 heavy (non-hydrogen) atoms. The van der Waals surface area contributed by atoms with Gasteiger partial charge in [0.25, 0.3) is 10.0 Å². The van der Waals surface area contributed by atoms with Crippen molar-refractivity contribution in [3.8, 4) is 0 Å². The zero-order chi connectivity index (χ0) is 21.6. The third-order valence-corrected chi connectivity index (χ3v) is 9.15. The smallest absolute Gasteiger partial charge is 0.252 e. The van der Waals surface area contributed by atoms with Crippen molar-refractivity contribution in [2.45, 2.75) is 30.4 Å². The van der Waals surface area contributed by atoms with Crippen LogP contribution in [0.15, 0.2) is 52.1 Å². The quantitative estimate of drug-likeness (QED) is 0.596. The fourth-order valence-corrected chi connectivity index (χ4v) is 6.48. The highest BCUT2D eigenvalue weighted by Crippen LogP contribution is 2.29. The Kier molecular flexibility index (Phi) is 7.91. The highest BCUT2D eigenvalue weighted by molar-refractivity contribution is 7.91. The van der Waals surface area contributed by atoms with Crippen LogP contribution in [0.1, 0.15) is 26.2 Å². The van der Waals surface area contributed by atoms with Crippen LogP contribution in [0, 0.1) is 11.8 Å². The zero-order valence-electron chi connectivity index (χ0n) is 17.7. The molecule has 0 saturated carbocycles. The molecule has 6 nitrogen and oxygen atoms in total. The normalized spacial score (nSPS) is 16.9. The van der Waals surface area contributed by atoms with Crippen LogP contribution in [0.25, 0.3) is 0 Å². The van der Waals surface area contributed by atoms with Gasteiger partial charge in [0.2, 0.25) is 5.91 Å². The van der Waals surface area contributed by atoms with Crippen LogP contribution < -0.4 is 10.2 Å². The second-order valence-corrected chi connectivity index (χ2v) is 11.0. The van der Waals surface area contributed by atoms with Gasteiger partial charge in [0.05, 0.1) is 0 Å². The van der Waals surface area contributed by atoms with E-state index in [0.29, 0.717) is 23.8 Å². The van der Waals surface area contributed by atoms with Crippen LogP contribution >= 0.6 is 11.3 Å². The van der Waals surface area contributed by atoms with E-state index in [9.17, 15) is 13.2 Å². The zero-order valence-corrected chi connectivity index (χ0v) is 19.3. The molecule has 0 aliphatic carbocycles. The summed E-state index contributed by atoms with van der Waals surface area (Å²) in [6.07, 6.45) is 2.31. The van der Waals surface area contributed by atoms with Gasteiger partial charge in [-0.3, -0.25) is 4.79 Å². The van der Waals surface area contributed by atoms with Gasteiger partial charge in [-0.2, -0.15) is 4.31 Å². The molecule has 1 N–H and O–H groups in total. The minimum Gasteiger partial charge on any atom is -0.375 e. The predicted molar refractivity (Wildman–Crippen MR) is 122 cm³/mol. The fourth-order valence-electron chi connectivity index (χ4n) is 3.87. The van der Waals surface area contributed by atoms with E-state index < -0.39 is 10.0 Å². The molecule has 0 unspecified atom stereocenters. The lowest BCUT2D eigenvalue weighted by Gasteiger charge is -2.33. The van der Waals surface area contributed by atoms with Gasteiger partial charge in [0, 0.05) is 44.8 Å². The van der Waals surface area contributed by atoms with Crippen LogP contribution in [-0.4, -0.2) is 51.9 Å². The minimum absolute atomic E-state index is 0.0666. The molecule has 0 bridgehead atoms. The average Bonchev–Trinajstić information content (AvgIpc) is 3.32. The van der Waals surface area contributed by atoms with Crippen molar-refractivity contribution >= 4 is 33.0 Å². The van der Waals surface area contributed by atoms with Gasteiger partial charge >= 0.3 is 0 Å². The predicted octanol–water partition coefficient (Wildman–Crippen LogP) is 3.43. The first-order valence-electron chi connectivity index (χ1n) is 10.5. The van der Waals surface area contributed by atoms with E-state index in [0.717, 1.165) is 25.8 Å². The minimum atomic E-state index is -3.39. The average molecular weight is 450 g/mol. The van der Waals surface area contributed by atoms with Crippen LogP contribution in [0.3, 0.4) is 0 Å². The third-order valence-electron chi connectivity index (χ3n) is 5.87. The van der Waals surface area contributed by atoms with E-state index in [1.165, 1.54) is 17.0 Å². The molecule has 3 rings (SSSR count). The van der Waals surface area contributed by atoms with Gasteiger partial charge < -0.3 is 10.2 Å². The van der Waals surface area contributed by atoms with Crippen LogP contribution in [0.2, 0.25) is 0 Å². The lowest BCUT2D eigenvalue weighted by atomic mass is 9.85. The number of piperidine rings is 1. The second kappa shape index (κ2) is 10.4. The monoisotopic (exact) mass is 449 g/mol. The Labute approximate surface area is 183 Å². The number of nitrogens with zero attached hydrogens (tertiary/aromatic N) is 2. The first-order valence-corrected chi connectivity index (χ1v) is 12.8. The Morgan fingerprint density at radius 2 is 1.90 bits per heavy atom. The van der Waals surface area contributed by atoms with Gasteiger partial charge in [-0.05, 0) is 48.8 Å². The molecule has 2 aromatic rings. The number of hydrogen-bond acceptors (Lipinski definition) is 5. The van der Waals surface area contributed by atoms with Gasteiger partial charge in [-0.1, -0.05) is 31.2 Å². The number of anilines is 1. The SMILES string of the molecule is C[C@@H](C(=O)NCCCN(C)c1ccccc1)C1CCN(S(=O)(=O)c2cccs2)CC1. The Morgan fingerprint density at radius 3 is 2.53 bits per heavy atom. The standard InChI is InChI=1S/C22H31N3O3S2/c1-18(22(26)23-13-7-14-24(2)20-8-4-3-5-9-20)19-11-15-25(16-12-19)30(27,28)21-10-6-17-29-21/h3-6,8-10,17-19H,7,11-16H2,1-2H3,(H,23,26)/t18-/m1/s1. The van der Waals surface area contributed by atoms with Crippen molar-refractivity contribution in [3.05, 3.63) is 47.8 Å². The summed E-state index contributed by atoms with van der Waals surface area (Å²) in [5.74, 6) is 0.173. The van der Waals surface area contributed by atoms with E-state index >= 15 is 0 Å². The molecular formula is C22H31N3O3S2. The summed E-state index contributed by atoms with van der Waals surface area (Å²) in [6, 6.07) is 13.6. The maximum absolute atomic E-state index is 12.6. The molecule has 1 amide bonds. The molecular weight excluding hydrogens is 418 g/mol. The van der Waals surface area contributed by atoms with Gasteiger partial charge in [-0.15, -0.1) is 11.3 Å². The summed E-state index contributed by atoms with van der Waals surface area (Å²) in [5.41, 5.74) is 1.17. The summed E-state index contributed by atoms with van der Waals surface area (Å²) < 4.78 is 27.2. The van der Waals surface area contributed by atoms with Crippen molar-refractivity contribution in [3.63, 3.8) is 0 Å². The number of thiophene rings is 1. The second-order valence-electron chi connectivity index (χ2n) is 7.86. The number of sulfonamides is 1. The van der Waals surface area contributed by atoms with Crippen LogP contribution in [0.5, 0.6) is 0 Å². The maximum atomic E-state index is 12.6. The Balaban J connectivity index is 1.39. The molecule has 1 atom stereocenters. The molecule has 0 spiro atoms. The highest BCUT2D eigenvalue weighted by atomic mass is 32.2. The van der Waals surface area contributed by atoms with Crippen molar-refractivity contribution in [2.75, 3.05) is 38.1 Å². The Morgan fingerprint density at radius 1 is 1.20 bits per heavy atom. The molecule has 1 fully saturated rings. The molecule has 1 aromatic carbocycles. The summed E-state index contributed by atoms with van der Waals surface area (Å²) >= 11 is 1.25. The van der Waals surface area contributed by atoms with E-state index in [4.69, 9.17) is 0 Å². The number of rotatable bonds is 9. The molecule has 0 radical (unpaired) electrons. The van der Waals surface area contributed by atoms with Crippen molar-refractivity contribution in [1.82, 2.24) is 9.62 Å². The highest BCUT2D eigenvalue weighted by Gasteiger charge is 2.33. The molecule has 1 aliphatic rings. The van der Waals surface area contributed by atoms with Gasteiger partial charge in [0.1, 0.15) is 4.21 Å². The number of hydrogen-bond donors (Lipinski definition) is 1. The van der Waals surface area contributed by atoms with Crippen molar-refractivity contribution in [1.29, 1.82) is 0 Å². The molecule has 1 aromatic heterocycles. The number of para-hydroxylation sites is 1. The summed E-state index contributed by atoms with van der Waals surface area (Å²) in [7, 11) is -1.34. The lowest BCUT2D eigenvalue weighted by molar-refractivity contribution is -0.126. The first-order chi connectivity index (χ1) is 14.4. The topological polar surface area (TPSA) is 69.7 Å². The van der Waals surface area contributed by atoms with Gasteiger partial charge in [0.15, 0.2) is 0 Å². The van der Waals surface area contributed by atoms with E-state index in [1.54, 1.807) is 21.8 Å².